The third-order valence-corrected chi connectivity index (χ3v) is 13.3. The lowest BCUT2D eigenvalue weighted by atomic mass is 9.47. The molecule has 3 saturated carbocycles. The van der Waals surface area contributed by atoms with Crippen LogP contribution in [0.5, 0.6) is 0 Å². The molecule has 5 aliphatic rings. The van der Waals surface area contributed by atoms with Gasteiger partial charge in [-0.3, -0.25) is 0 Å². The maximum Gasteiger partial charge on any atom is 0.0604 e. The Morgan fingerprint density at radius 3 is 2.27 bits per heavy atom. The Kier molecular flexibility index (Phi) is 4.03. The molecule has 3 fully saturated rings. The molecule has 12 rings (SSSR count). The summed E-state index contributed by atoms with van der Waals surface area (Å²) in [6.45, 7) is 0. The van der Waals surface area contributed by atoms with Gasteiger partial charge >= 0.3 is 0 Å². The van der Waals surface area contributed by atoms with E-state index in [1.54, 1.807) is 16.6 Å². The first-order valence-corrected chi connectivity index (χ1v) is 17.0. The summed E-state index contributed by atoms with van der Waals surface area (Å²) in [5.41, 5.74) is 13.5. The number of hydrogen-bond acceptors (Lipinski definition) is 0. The van der Waals surface area contributed by atoms with E-state index in [4.69, 9.17) is 0 Å². The fourth-order valence-electron chi connectivity index (χ4n) is 12.2. The zero-order chi connectivity index (χ0) is 28.3. The average molecular weight is 567 g/mol. The van der Waals surface area contributed by atoms with E-state index in [1.807, 2.05) is 0 Å². The van der Waals surface area contributed by atoms with Crippen molar-refractivity contribution in [3.8, 4) is 16.8 Å². The maximum atomic E-state index is 2.88. The van der Waals surface area contributed by atoms with Crippen molar-refractivity contribution in [2.75, 3.05) is 0 Å². The van der Waals surface area contributed by atoms with E-state index in [0.717, 1.165) is 11.8 Å². The molecule has 0 bridgehead atoms. The monoisotopic (exact) mass is 566 g/mol. The molecule has 0 saturated heterocycles. The van der Waals surface area contributed by atoms with E-state index in [-0.39, 0.29) is 5.41 Å². The zero-order valence-electron chi connectivity index (χ0n) is 24.8. The van der Waals surface area contributed by atoms with Gasteiger partial charge in [-0.05, 0) is 78.7 Å². The SMILES string of the molecule is c1ccc(-c2cccc3c2-n2c4ccccc4c4cc5c6ccccc6n6c5c(c42)C32C3CCCC3CC3CCC6C32)cc1. The molecule has 2 aromatic heterocycles. The zero-order valence-corrected chi connectivity index (χ0v) is 24.8. The highest BCUT2D eigenvalue weighted by Gasteiger charge is 2.66. The molecule has 7 aromatic rings. The van der Waals surface area contributed by atoms with Gasteiger partial charge in [0.25, 0.3) is 0 Å². The van der Waals surface area contributed by atoms with Crippen molar-refractivity contribution in [3.63, 3.8) is 0 Å². The molecule has 2 heteroatoms. The molecule has 0 radical (unpaired) electrons. The number of benzene rings is 5. The first-order chi connectivity index (χ1) is 21.9. The highest BCUT2D eigenvalue weighted by molar-refractivity contribution is 6.22. The molecule has 212 valence electrons. The molecule has 3 aliphatic carbocycles. The van der Waals surface area contributed by atoms with Gasteiger partial charge in [-0.1, -0.05) is 97.8 Å². The highest BCUT2D eigenvalue weighted by Crippen LogP contribution is 2.73. The van der Waals surface area contributed by atoms with Crippen LogP contribution in [0.15, 0.2) is 103 Å². The van der Waals surface area contributed by atoms with Crippen LogP contribution < -0.4 is 0 Å². The molecule has 1 spiro atoms. The van der Waals surface area contributed by atoms with Gasteiger partial charge in [0, 0.05) is 49.6 Å². The topological polar surface area (TPSA) is 9.86 Å². The maximum absolute atomic E-state index is 2.88. The lowest BCUT2D eigenvalue weighted by molar-refractivity contribution is 0.0398. The molecule has 2 nitrogen and oxygen atoms in total. The Bertz CT molecular complexity index is 2390. The van der Waals surface area contributed by atoms with E-state index in [2.05, 4.69) is 112 Å². The van der Waals surface area contributed by atoms with Crippen LogP contribution in [-0.2, 0) is 5.41 Å². The van der Waals surface area contributed by atoms with Gasteiger partial charge in [0.15, 0.2) is 0 Å². The van der Waals surface area contributed by atoms with E-state index in [1.165, 1.54) is 93.4 Å². The Morgan fingerprint density at radius 1 is 0.614 bits per heavy atom. The van der Waals surface area contributed by atoms with Gasteiger partial charge in [-0.2, -0.15) is 0 Å². The molecule has 2 aliphatic heterocycles. The van der Waals surface area contributed by atoms with Crippen molar-refractivity contribution in [2.45, 2.75) is 50.0 Å². The Balaban J connectivity index is 1.41. The van der Waals surface area contributed by atoms with Crippen molar-refractivity contribution >= 4 is 43.6 Å². The minimum Gasteiger partial charge on any atom is -0.337 e. The molecule has 5 aromatic carbocycles. The van der Waals surface area contributed by atoms with Crippen molar-refractivity contribution in [2.24, 2.45) is 23.7 Å². The lowest BCUT2D eigenvalue weighted by Crippen LogP contribution is -2.56. The van der Waals surface area contributed by atoms with E-state index < -0.39 is 0 Å². The normalized spacial score (nSPS) is 29.1. The summed E-state index contributed by atoms with van der Waals surface area (Å²) in [6, 6.07) is 40.4. The fraction of sp³-hybridized carbons (Fsp3) is 0.286. The Morgan fingerprint density at radius 2 is 1.39 bits per heavy atom. The van der Waals surface area contributed by atoms with Crippen molar-refractivity contribution < 1.29 is 0 Å². The largest absolute Gasteiger partial charge is 0.337 e. The molecule has 0 amide bonds. The van der Waals surface area contributed by atoms with E-state index in [9.17, 15) is 0 Å². The van der Waals surface area contributed by atoms with Crippen LogP contribution in [0.3, 0.4) is 0 Å². The standard InChI is InChI=1S/C42H34N2/c1-2-10-24(11-3-1)27-15-9-17-33-39(27)44-35-19-7-5-14-29(35)31-23-30-28-13-4-6-18-34(28)43-36-21-20-26-22-25-12-8-16-32(25)42(33,37(26)36)38(40(30)43)41(31)44/h1-7,9-11,13-15,17-19,23,25-26,32,36-37H,8,12,16,20-22H2. The van der Waals surface area contributed by atoms with Gasteiger partial charge in [-0.25, -0.2) is 0 Å². The van der Waals surface area contributed by atoms with Crippen molar-refractivity contribution in [3.05, 3.63) is 114 Å². The summed E-state index contributed by atoms with van der Waals surface area (Å²) in [5.74, 6) is 2.99. The summed E-state index contributed by atoms with van der Waals surface area (Å²) in [5, 5.41) is 5.77. The second-order valence-corrected chi connectivity index (χ2v) is 14.7. The number of hydrogen-bond donors (Lipinski definition) is 0. The van der Waals surface area contributed by atoms with Crippen molar-refractivity contribution in [1.29, 1.82) is 0 Å². The predicted octanol–water partition coefficient (Wildman–Crippen LogP) is 10.6. The second-order valence-electron chi connectivity index (χ2n) is 14.7. The van der Waals surface area contributed by atoms with Gasteiger partial charge in [-0.15, -0.1) is 0 Å². The summed E-state index contributed by atoms with van der Waals surface area (Å²) >= 11 is 0. The number of fused-ring (bicyclic) bond motifs is 10. The Hall–Kier alpha value is -4.30. The van der Waals surface area contributed by atoms with Crippen LogP contribution in [0, 0.1) is 23.7 Å². The van der Waals surface area contributed by atoms with Gasteiger partial charge in [0.05, 0.1) is 22.2 Å². The highest BCUT2D eigenvalue weighted by atomic mass is 15.1. The van der Waals surface area contributed by atoms with Crippen LogP contribution in [0.2, 0.25) is 0 Å². The van der Waals surface area contributed by atoms with Crippen LogP contribution in [0.25, 0.3) is 60.4 Å². The second kappa shape index (κ2) is 7.67. The van der Waals surface area contributed by atoms with Gasteiger partial charge in [0.2, 0.25) is 0 Å². The summed E-state index contributed by atoms with van der Waals surface area (Å²) in [7, 11) is 0. The van der Waals surface area contributed by atoms with Gasteiger partial charge in [0.1, 0.15) is 0 Å². The molecule has 4 heterocycles. The smallest absolute Gasteiger partial charge is 0.0604 e. The van der Waals surface area contributed by atoms with Gasteiger partial charge < -0.3 is 9.13 Å². The average Bonchev–Trinajstić information content (AvgIpc) is 3.86. The van der Waals surface area contributed by atoms with Crippen molar-refractivity contribution in [1.82, 2.24) is 9.13 Å². The summed E-state index contributed by atoms with van der Waals surface area (Å²) in [6.07, 6.45) is 8.31. The van der Waals surface area contributed by atoms with Crippen LogP contribution in [0.1, 0.15) is 55.7 Å². The Labute approximate surface area is 256 Å². The van der Waals surface area contributed by atoms with Crippen LogP contribution in [0.4, 0.5) is 0 Å². The first-order valence-electron chi connectivity index (χ1n) is 17.0. The number of rotatable bonds is 1. The fourth-order valence-corrected chi connectivity index (χ4v) is 12.2. The number of aromatic nitrogens is 2. The molecule has 6 unspecified atom stereocenters. The number of para-hydroxylation sites is 3. The lowest BCUT2D eigenvalue weighted by Gasteiger charge is -2.59. The van der Waals surface area contributed by atoms with E-state index in [0.29, 0.717) is 17.9 Å². The minimum absolute atomic E-state index is 0.0535. The van der Waals surface area contributed by atoms with E-state index >= 15 is 0 Å². The molecule has 0 N–H and O–H groups in total. The third kappa shape index (κ3) is 2.36. The quantitative estimate of drug-likeness (QED) is 0.187. The summed E-state index contributed by atoms with van der Waals surface area (Å²) < 4.78 is 5.61. The first kappa shape index (κ1) is 23.1. The van der Waals surface area contributed by atoms with Crippen LogP contribution in [-0.4, -0.2) is 9.13 Å². The molecular weight excluding hydrogens is 532 g/mol. The molecule has 6 atom stereocenters. The van der Waals surface area contributed by atoms with Crippen LogP contribution >= 0.6 is 0 Å². The molecule has 44 heavy (non-hydrogen) atoms. The summed E-state index contributed by atoms with van der Waals surface area (Å²) in [4.78, 5) is 0. The number of nitrogens with zero attached hydrogens (tertiary/aromatic N) is 2. The third-order valence-electron chi connectivity index (χ3n) is 13.3. The minimum atomic E-state index is 0.0535. The molecular formula is C42H34N2. The predicted molar refractivity (Wildman–Crippen MR) is 181 cm³/mol.